The van der Waals surface area contributed by atoms with Crippen LogP contribution in [0.25, 0.3) is 0 Å². The summed E-state index contributed by atoms with van der Waals surface area (Å²) in [5.41, 5.74) is -0.671. The zero-order chi connectivity index (χ0) is 15.9. The molecule has 0 aromatic rings. The van der Waals surface area contributed by atoms with Crippen LogP contribution in [-0.2, 0) is 9.53 Å². The SMILES string of the molecule is CC(C)SCC[C@@H](NC(=O)OC(C)(C)C)C(O)C(=O)O. The standard InChI is InChI=1S/C13H25NO5S/c1-8(2)20-7-6-9(10(15)11(16)17)14-12(18)19-13(3,4)5/h8-10,15H,6-7H2,1-5H3,(H,14,18)(H,16,17)/t9-,10?/m1/s1. The molecule has 0 fully saturated rings. The van der Waals surface area contributed by atoms with Gasteiger partial charge >= 0.3 is 12.1 Å². The van der Waals surface area contributed by atoms with Crippen LogP contribution in [0.2, 0.25) is 0 Å². The van der Waals surface area contributed by atoms with Crippen molar-refractivity contribution in [3.63, 3.8) is 0 Å². The second kappa shape index (κ2) is 8.36. The van der Waals surface area contributed by atoms with E-state index in [0.29, 0.717) is 17.4 Å². The van der Waals surface area contributed by atoms with Gasteiger partial charge in [-0.05, 0) is 38.2 Å². The lowest BCUT2D eigenvalue weighted by atomic mass is 10.1. The summed E-state index contributed by atoms with van der Waals surface area (Å²) in [6.45, 7) is 9.18. The van der Waals surface area contributed by atoms with Crippen LogP contribution < -0.4 is 5.32 Å². The highest BCUT2D eigenvalue weighted by atomic mass is 32.2. The fourth-order valence-corrected chi connectivity index (χ4v) is 2.23. The van der Waals surface area contributed by atoms with Crippen LogP contribution in [0.15, 0.2) is 0 Å². The molecule has 7 heteroatoms. The van der Waals surface area contributed by atoms with E-state index in [4.69, 9.17) is 9.84 Å². The molecule has 0 aromatic heterocycles. The monoisotopic (exact) mass is 307 g/mol. The van der Waals surface area contributed by atoms with Crippen LogP contribution in [0, 0.1) is 0 Å². The third-order valence-electron chi connectivity index (χ3n) is 2.22. The first-order chi connectivity index (χ1) is 9.03. The van der Waals surface area contributed by atoms with Crippen LogP contribution in [0.5, 0.6) is 0 Å². The molecule has 0 bridgehead atoms. The van der Waals surface area contributed by atoms with E-state index in [0.717, 1.165) is 0 Å². The first-order valence-electron chi connectivity index (χ1n) is 6.55. The molecular weight excluding hydrogens is 282 g/mol. The lowest BCUT2D eigenvalue weighted by molar-refractivity contribution is -0.148. The number of alkyl carbamates (subject to hydrolysis) is 1. The maximum atomic E-state index is 11.6. The summed E-state index contributed by atoms with van der Waals surface area (Å²) in [5.74, 6) is -0.719. The molecule has 3 N–H and O–H groups in total. The lowest BCUT2D eigenvalue weighted by Gasteiger charge is -2.25. The van der Waals surface area contributed by atoms with Gasteiger partial charge in [-0.15, -0.1) is 0 Å². The summed E-state index contributed by atoms with van der Waals surface area (Å²) in [4.78, 5) is 22.5. The zero-order valence-electron chi connectivity index (χ0n) is 12.7. The molecule has 0 aliphatic heterocycles. The summed E-state index contributed by atoms with van der Waals surface area (Å²) in [6, 6.07) is -0.867. The Balaban J connectivity index is 4.52. The number of aliphatic carboxylic acids is 1. The van der Waals surface area contributed by atoms with Crippen molar-refractivity contribution in [3.8, 4) is 0 Å². The number of nitrogens with one attached hydrogen (secondary N) is 1. The summed E-state index contributed by atoms with van der Waals surface area (Å²) >= 11 is 1.63. The molecule has 118 valence electrons. The van der Waals surface area contributed by atoms with Gasteiger partial charge < -0.3 is 20.3 Å². The van der Waals surface area contributed by atoms with Gasteiger partial charge in [-0.25, -0.2) is 9.59 Å². The largest absolute Gasteiger partial charge is 0.479 e. The van der Waals surface area contributed by atoms with Gasteiger partial charge in [0.25, 0.3) is 0 Å². The predicted octanol–water partition coefficient (Wildman–Crippen LogP) is 1.86. The molecule has 0 heterocycles. The highest BCUT2D eigenvalue weighted by Gasteiger charge is 2.28. The lowest BCUT2D eigenvalue weighted by Crippen LogP contribution is -2.48. The highest BCUT2D eigenvalue weighted by Crippen LogP contribution is 2.14. The van der Waals surface area contributed by atoms with E-state index in [1.807, 2.05) is 13.8 Å². The average Bonchev–Trinajstić information content (AvgIpc) is 2.23. The number of rotatable bonds is 7. The quantitative estimate of drug-likeness (QED) is 0.664. The van der Waals surface area contributed by atoms with Gasteiger partial charge in [0.1, 0.15) is 5.60 Å². The second-order valence-corrected chi connectivity index (χ2v) is 7.43. The highest BCUT2D eigenvalue weighted by molar-refractivity contribution is 7.99. The number of ether oxygens (including phenoxy) is 1. The van der Waals surface area contributed by atoms with Crippen molar-refractivity contribution in [2.24, 2.45) is 0 Å². The van der Waals surface area contributed by atoms with Gasteiger partial charge in [0, 0.05) is 0 Å². The van der Waals surface area contributed by atoms with E-state index >= 15 is 0 Å². The van der Waals surface area contributed by atoms with Gasteiger partial charge in [0.2, 0.25) is 0 Å². The zero-order valence-corrected chi connectivity index (χ0v) is 13.5. The number of carbonyl (C=O) groups excluding carboxylic acids is 1. The maximum Gasteiger partial charge on any atom is 0.407 e. The molecule has 2 atom stereocenters. The molecule has 1 unspecified atom stereocenters. The van der Waals surface area contributed by atoms with Crippen LogP contribution >= 0.6 is 11.8 Å². The van der Waals surface area contributed by atoms with Crippen molar-refractivity contribution in [2.45, 2.75) is 64.0 Å². The molecule has 1 amide bonds. The Morgan fingerprint density at radius 2 is 1.85 bits per heavy atom. The number of hydrogen-bond donors (Lipinski definition) is 3. The van der Waals surface area contributed by atoms with Crippen molar-refractivity contribution >= 4 is 23.8 Å². The van der Waals surface area contributed by atoms with E-state index < -0.39 is 29.8 Å². The molecule has 0 aromatic carbocycles. The van der Waals surface area contributed by atoms with Crippen LogP contribution in [-0.4, -0.2) is 51.0 Å². The second-order valence-electron chi connectivity index (χ2n) is 5.74. The number of thioether (sulfide) groups is 1. The third-order valence-corrected chi connectivity index (χ3v) is 3.35. The van der Waals surface area contributed by atoms with Crippen molar-refractivity contribution in [1.82, 2.24) is 5.32 Å². The number of carbonyl (C=O) groups is 2. The third kappa shape index (κ3) is 9.03. The van der Waals surface area contributed by atoms with Gasteiger partial charge in [-0.3, -0.25) is 0 Å². The van der Waals surface area contributed by atoms with Gasteiger partial charge in [0.05, 0.1) is 6.04 Å². The minimum atomic E-state index is -1.64. The van der Waals surface area contributed by atoms with Gasteiger partial charge in [0.15, 0.2) is 6.10 Å². The van der Waals surface area contributed by atoms with Gasteiger partial charge in [-0.1, -0.05) is 13.8 Å². The van der Waals surface area contributed by atoms with Crippen molar-refractivity contribution in [2.75, 3.05) is 5.75 Å². The van der Waals surface area contributed by atoms with E-state index in [-0.39, 0.29) is 0 Å². The molecule has 0 saturated carbocycles. The summed E-state index contributed by atoms with van der Waals surface area (Å²) in [7, 11) is 0. The molecule has 0 saturated heterocycles. The van der Waals surface area contributed by atoms with E-state index in [2.05, 4.69) is 5.32 Å². The van der Waals surface area contributed by atoms with E-state index in [1.54, 1.807) is 32.5 Å². The molecule has 0 rings (SSSR count). The Labute approximate surface area is 124 Å². The Kier molecular flexibility index (Phi) is 7.96. The normalized spacial score (nSPS) is 14.8. The topological polar surface area (TPSA) is 95.9 Å². The number of carboxylic acid groups (broad SMARTS) is 1. The number of amides is 1. The number of hydrogen-bond acceptors (Lipinski definition) is 5. The average molecular weight is 307 g/mol. The predicted molar refractivity (Wildman–Crippen MR) is 79.0 cm³/mol. The summed E-state index contributed by atoms with van der Waals surface area (Å²) in [5, 5.41) is 21.3. The Morgan fingerprint density at radius 3 is 2.25 bits per heavy atom. The first kappa shape index (κ1) is 19.1. The Hall–Kier alpha value is -0.950. The molecule has 0 aliphatic carbocycles. The van der Waals surface area contributed by atoms with Crippen LogP contribution in [0.1, 0.15) is 41.0 Å². The molecule has 0 spiro atoms. The molecule has 0 radical (unpaired) electrons. The number of aliphatic hydroxyl groups excluding tert-OH is 1. The fraction of sp³-hybridized carbons (Fsp3) is 0.846. The number of aliphatic hydroxyl groups is 1. The number of carboxylic acids is 1. The maximum absolute atomic E-state index is 11.6. The van der Waals surface area contributed by atoms with Crippen molar-refractivity contribution in [3.05, 3.63) is 0 Å². The molecule has 6 nitrogen and oxygen atoms in total. The smallest absolute Gasteiger partial charge is 0.407 e. The fourth-order valence-electron chi connectivity index (χ4n) is 1.37. The molecule has 20 heavy (non-hydrogen) atoms. The first-order valence-corrected chi connectivity index (χ1v) is 7.60. The molecular formula is C13H25NO5S. The van der Waals surface area contributed by atoms with E-state index in [9.17, 15) is 14.7 Å². The van der Waals surface area contributed by atoms with Crippen LogP contribution in [0.4, 0.5) is 4.79 Å². The Morgan fingerprint density at radius 1 is 1.30 bits per heavy atom. The van der Waals surface area contributed by atoms with E-state index in [1.165, 1.54) is 0 Å². The van der Waals surface area contributed by atoms with Crippen molar-refractivity contribution in [1.29, 1.82) is 0 Å². The summed E-state index contributed by atoms with van der Waals surface area (Å²) < 4.78 is 5.06. The minimum Gasteiger partial charge on any atom is -0.479 e. The minimum absolute atomic E-state index is 0.357. The van der Waals surface area contributed by atoms with Crippen molar-refractivity contribution < 1.29 is 24.5 Å². The van der Waals surface area contributed by atoms with Crippen LogP contribution in [0.3, 0.4) is 0 Å². The summed E-state index contributed by atoms with van der Waals surface area (Å²) in [6.07, 6.45) is -2.01. The Bertz CT molecular complexity index is 327. The molecule has 0 aliphatic rings. The van der Waals surface area contributed by atoms with Gasteiger partial charge in [-0.2, -0.15) is 11.8 Å².